The van der Waals surface area contributed by atoms with E-state index in [0.717, 1.165) is 11.8 Å². The van der Waals surface area contributed by atoms with Crippen LogP contribution in [0.3, 0.4) is 0 Å². The zero-order valence-electron chi connectivity index (χ0n) is 7.06. The van der Waals surface area contributed by atoms with Gasteiger partial charge < -0.3 is 9.40 Å². The Labute approximate surface area is 83.9 Å². The molecule has 0 aliphatic rings. The first-order chi connectivity index (χ1) is 6.84. The number of H-pyrrole nitrogens is 1. The fourth-order valence-electron chi connectivity index (χ4n) is 0.869. The highest BCUT2D eigenvalue weighted by atomic mass is 32.2. The molecule has 0 bridgehead atoms. The lowest BCUT2D eigenvalue weighted by atomic mass is 10.7. The third-order valence-electron chi connectivity index (χ3n) is 1.41. The van der Waals surface area contributed by atoms with Gasteiger partial charge in [-0.25, -0.2) is 4.98 Å². The number of carbonyl (C=O) groups excluding carboxylic acids is 1. The smallest absolute Gasteiger partial charge is 0.293 e. The molecule has 1 amide bonds. The largest absolute Gasteiger partial charge is 0.458 e. The van der Waals surface area contributed by atoms with Crippen LogP contribution in [0.15, 0.2) is 40.3 Å². The van der Waals surface area contributed by atoms with Gasteiger partial charge in [-0.05, 0) is 12.1 Å². The fourth-order valence-corrected chi connectivity index (χ4v) is 1.45. The fraction of sp³-hybridized carbons (Fsp3) is 0. The van der Waals surface area contributed by atoms with Crippen LogP contribution in [0.1, 0.15) is 0 Å². The Kier molecular flexibility index (Phi) is 2.55. The topological polar surface area (TPSA) is 70.9 Å². The van der Waals surface area contributed by atoms with Crippen LogP contribution in [0.25, 0.3) is 0 Å². The molecule has 0 aliphatic heterocycles. The van der Waals surface area contributed by atoms with Gasteiger partial charge in [0.25, 0.3) is 5.24 Å². The summed E-state index contributed by atoms with van der Waals surface area (Å²) in [6, 6.07) is 3.44. The van der Waals surface area contributed by atoms with Crippen LogP contribution < -0.4 is 5.32 Å². The summed E-state index contributed by atoms with van der Waals surface area (Å²) in [7, 11) is 0. The molecule has 0 radical (unpaired) electrons. The first kappa shape index (κ1) is 8.89. The molecule has 2 N–H and O–H groups in total. The molecular weight excluding hydrogens is 202 g/mol. The Morgan fingerprint density at radius 2 is 2.57 bits per heavy atom. The molecule has 0 saturated carbocycles. The Balaban J connectivity index is 1.91. The molecule has 0 fully saturated rings. The second kappa shape index (κ2) is 4.01. The van der Waals surface area contributed by atoms with Crippen LogP contribution in [0.5, 0.6) is 0 Å². The van der Waals surface area contributed by atoms with Crippen molar-refractivity contribution in [3.63, 3.8) is 0 Å². The lowest BCUT2D eigenvalue weighted by Gasteiger charge is -1.97. The number of carbonyl (C=O) groups is 1. The molecule has 2 aromatic rings. The summed E-state index contributed by atoms with van der Waals surface area (Å²) >= 11 is 0.972. The Morgan fingerprint density at radius 3 is 3.21 bits per heavy atom. The van der Waals surface area contributed by atoms with Gasteiger partial charge in [0.1, 0.15) is 0 Å². The van der Waals surface area contributed by atoms with Crippen molar-refractivity contribution < 1.29 is 9.21 Å². The molecule has 2 aromatic heterocycles. The van der Waals surface area contributed by atoms with Gasteiger partial charge in [-0.1, -0.05) is 0 Å². The van der Waals surface area contributed by atoms with Crippen LogP contribution in [0.4, 0.5) is 10.7 Å². The normalized spacial score (nSPS) is 10.0. The first-order valence-corrected chi connectivity index (χ1v) is 4.68. The van der Waals surface area contributed by atoms with Gasteiger partial charge in [0, 0.05) is 24.2 Å². The first-order valence-electron chi connectivity index (χ1n) is 3.86. The zero-order valence-corrected chi connectivity index (χ0v) is 7.88. The maximum Gasteiger partial charge on any atom is 0.293 e. The number of imidazole rings is 1. The van der Waals surface area contributed by atoms with Crippen molar-refractivity contribution in [2.75, 3.05) is 5.32 Å². The van der Waals surface area contributed by atoms with E-state index in [-0.39, 0.29) is 5.24 Å². The maximum atomic E-state index is 11.3. The monoisotopic (exact) mass is 209 g/mol. The molecule has 2 heterocycles. The Bertz CT molecular complexity index is 358. The van der Waals surface area contributed by atoms with Gasteiger partial charge in [0.2, 0.25) is 5.95 Å². The highest BCUT2D eigenvalue weighted by Gasteiger charge is 2.07. The molecule has 0 aliphatic carbocycles. The molecule has 0 unspecified atom stereocenters. The Hall–Kier alpha value is -1.69. The van der Waals surface area contributed by atoms with Crippen molar-refractivity contribution in [3.8, 4) is 0 Å². The summed E-state index contributed by atoms with van der Waals surface area (Å²) in [5, 5.41) is 2.87. The molecule has 6 heteroatoms. The number of thioether (sulfide) groups is 1. The maximum absolute atomic E-state index is 11.3. The number of nitrogens with zero attached hydrogens (tertiary/aromatic N) is 1. The molecule has 14 heavy (non-hydrogen) atoms. The second-order valence-corrected chi connectivity index (χ2v) is 3.36. The summed E-state index contributed by atoms with van der Waals surface area (Å²) in [5.41, 5.74) is 0. The van der Waals surface area contributed by atoms with E-state index >= 15 is 0 Å². The van der Waals surface area contributed by atoms with Gasteiger partial charge in [-0.15, -0.1) is 0 Å². The number of hydrogen-bond acceptors (Lipinski definition) is 4. The number of hydrogen-bond donors (Lipinski definition) is 2. The quantitative estimate of drug-likeness (QED) is 0.744. The number of anilines is 1. The second-order valence-electron chi connectivity index (χ2n) is 2.38. The molecule has 5 nitrogen and oxygen atoms in total. The summed E-state index contributed by atoms with van der Waals surface area (Å²) in [6.45, 7) is 0. The average molecular weight is 209 g/mol. The van der Waals surface area contributed by atoms with Gasteiger partial charge >= 0.3 is 0 Å². The summed E-state index contributed by atoms with van der Waals surface area (Å²) in [6.07, 6.45) is 4.71. The van der Waals surface area contributed by atoms with E-state index in [9.17, 15) is 4.79 Å². The van der Waals surface area contributed by atoms with Crippen molar-refractivity contribution in [3.05, 3.63) is 30.8 Å². The lowest BCUT2D eigenvalue weighted by Crippen LogP contribution is -2.05. The van der Waals surface area contributed by atoms with E-state index in [1.54, 1.807) is 24.5 Å². The van der Waals surface area contributed by atoms with E-state index in [1.807, 2.05) is 0 Å². The van der Waals surface area contributed by atoms with Gasteiger partial charge in [-0.2, -0.15) is 0 Å². The van der Waals surface area contributed by atoms with Crippen molar-refractivity contribution in [2.24, 2.45) is 0 Å². The van der Waals surface area contributed by atoms with Crippen molar-refractivity contribution in [1.82, 2.24) is 9.97 Å². The zero-order chi connectivity index (χ0) is 9.80. The SMILES string of the molecule is O=C(Nc1ncc[nH]1)Sc1ccco1. The standard InChI is InChI=1S/C8H7N3O2S/c12-8(11-7-9-3-4-10-7)14-6-2-1-5-13-6/h1-5H,(H2,9,10,11,12). The highest BCUT2D eigenvalue weighted by molar-refractivity contribution is 8.13. The molecule has 2 rings (SSSR count). The average Bonchev–Trinajstić information content (AvgIpc) is 2.76. The van der Waals surface area contributed by atoms with Crippen molar-refractivity contribution >= 4 is 22.9 Å². The van der Waals surface area contributed by atoms with Gasteiger partial charge in [-0.3, -0.25) is 10.1 Å². The summed E-state index contributed by atoms with van der Waals surface area (Å²) in [4.78, 5) is 17.9. The van der Waals surface area contributed by atoms with Crippen LogP contribution in [-0.2, 0) is 0 Å². The minimum Gasteiger partial charge on any atom is -0.458 e. The molecule has 72 valence electrons. The van der Waals surface area contributed by atoms with E-state index in [1.165, 1.54) is 6.26 Å². The minimum absolute atomic E-state index is 0.241. The number of nitrogens with one attached hydrogen (secondary N) is 2. The van der Waals surface area contributed by atoms with Crippen LogP contribution in [0, 0.1) is 0 Å². The van der Waals surface area contributed by atoms with Crippen LogP contribution in [-0.4, -0.2) is 15.2 Å². The van der Waals surface area contributed by atoms with E-state index < -0.39 is 0 Å². The third-order valence-corrected chi connectivity index (χ3v) is 2.13. The molecule has 0 spiro atoms. The number of furan rings is 1. The number of aromatic nitrogens is 2. The van der Waals surface area contributed by atoms with Crippen LogP contribution in [0.2, 0.25) is 0 Å². The highest BCUT2D eigenvalue weighted by Crippen LogP contribution is 2.19. The number of aromatic amines is 1. The minimum atomic E-state index is -0.241. The van der Waals surface area contributed by atoms with E-state index in [4.69, 9.17) is 4.42 Å². The lowest BCUT2D eigenvalue weighted by molar-refractivity contribution is 0.269. The molecule has 0 atom stereocenters. The molecular formula is C8H7N3O2S. The van der Waals surface area contributed by atoms with Crippen molar-refractivity contribution in [1.29, 1.82) is 0 Å². The van der Waals surface area contributed by atoms with Gasteiger partial charge in [0.05, 0.1) is 6.26 Å². The summed E-state index contributed by atoms with van der Waals surface area (Å²) in [5.74, 6) is 0.425. The molecule has 0 saturated heterocycles. The molecule has 0 aromatic carbocycles. The van der Waals surface area contributed by atoms with Gasteiger partial charge in [0.15, 0.2) is 5.09 Å². The number of amides is 1. The Morgan fingerprint density at radius 1 is 1.64 bits per heavy atom. The number of rotatable bonds is 2. The summed E-state index contributed by atoms with van der Waals surface area (Å²) < 4.78 is 4.99. The predicted octanol–water partition coefficient (Wildman–Crippen LogP) is 2.33. The van der Waals surface area contributed by atoms with Crippen molar-refractivity contribution in [2.45, 2.75) is 5.09 Å². The van der Waals surface area contributed by atoms with E-state index in [0.29, 0.717) is 11.0 Å². The van der Waals surface area contributed by atoms with E-state index in [2.05, 4.69) is 15.3 Å². The van der Waals surface area contributed by atoms with Crippen LogP contribution >= 0.6 is 11.8 Å². The third kappa shape index (κ3) is 2.17. The predicted molar refractivity (Wildman–Crippen MR) is 52.2 cm³/mol.